The van der Waals surface area contributed by atoms with Gasteiger partial charge in [-0.25, -0.2) is 0 Å². The summed E-state index contributed by atoms with van der Waals surface area (Å²) in [5.41, 5.74) is 4.00. The fraction of sp³-hybridized carbons (Fsp3) is 0.0952. The van der Waals surface area contributed by atoms with Gasteiger partial charge >= 0.3 is 0 Å². The van der Waals surface area contributed by atoms with Crippen molar-refractivity contribution in [3.05, 3.63) is 95.6 Å². The maximum absolute atomic E-state index is 12.3. The van der Waals surface area contributed by atoms with Crippen LogP contribution in [0.1, 0.15) is 16.7 Å². The number of aromatic hydroxyl groups is 1. The maximum atomic E-state index is 12.3. The molecule has 2 N–H and O–H groups in total. The van der Waals surface area contributed by atoms with Crippen LogP contribution in [0.15, 0.2) is 78.9 Å². The van der Waals surface area contributed by atoms with E-state index in [4.69, 9.17) is 0 Å². The molecule has 3 rings (SSSR count). The van der Waals surface area contributed by atoms with Crippen molar-refractivity contribution in [3.63, 3.8) is 0 Å². The lowest BCUT2D eigenvalue weighted by Crippen LogP contribution is -2.15. The van der Waals surface area contributed by atoms with E-state index in [0.29, 0.717) is 0 Å². The second-order valence-electron chi connectivity index (χ2n) is 5.71. The molecule has 3 aromatic rings. The Bertz CT molecular complexity index is 811. The Morgan fingerprint density at radius 1 is 0.792 bits per heavy atom. The first kappa shape index (κ1) is 15.8. The normalized spacial score (nSPS) is 10.3. The monoisotopic (exact) mass is 317 g/mol. The number of benzene rings is 3. The highest BCUT2D eigenvalue weighted by Gasteiger charge is 2.08. The molecule has 0 saturated heterocycles. The zero-order chi connectivity index (χ0) is 16.8. The molecule has 0 spiro atoms. The summed E-state index contributed by atoms with van der Waals surface area (Å²) in [6, 6.07) is 24.7. The Labute approximate surface area is 141 Å². The van der Waals surface area contributed by atoms with E-state index in [0.717, 1.165) is 23.2 Å². The topological polar surface area (TPSA) is 49.3 Å². The molecule has 0 unspecified atom stereocenters. The second kappa shape index (κ2) is 7.47. The largest absolute Gasteiger partial charge is 0.508 e. The predicted octanol–water partition coefficient (Wildman–Crippen LogP) is 4.16. The van der Waals surface area contributed by atoms with E-state index < -0.39 is 0 Å². The van der Waals surface area contributed by atoms with Crippen molar-refractivity contribution in [2.24, 2.45) is 0 Å². The first-order valence-electron chi connectivity index (χ1n) is 7.90. The fourth-order valence-corrected chi connectivity index (χ4v) is 2.61. The first-order chi connectivity index (χ1) is 11.7. The highest BCUT2D eigenvalue weighted by molar-refractivity contribution is 5.93. The summed E-state index contributed by atoms with van der Waals surface area (Å²) in [5.74, 6) is 0.133. The van der Waals surface area contributed by atoms with Gasteiger partial charge < -0.3 is 10.4 Å². The van der Waals surface area contributed by atoms with Crippen molar-refractivity contribution < 1.29 is 9.90 Å². The van der Waals surface area contributed by atoms with Crippen molar-refractivity contribution >= 4 is 11.6 Å². The number of anilines is 1. The van der Waals surface area contributed by atoms with Crippen LogP contribution in [0.3, 0.4) is 0 Å². The summed E-state index contributed by atoms with van der Waals surface area (Å²) in [6.45, 7) is 0. The Hall–Kier alpha value is -3.07. The number of hydrogen-bond donors (Lipinski definition) is 2. The van der Waals surface area contributed by atoms with Crippen LogP contribution in [0.4, 0.5) is 5.69 Å². The van der Waals surface area contributed by atoms with Crippen molar-refractivity contribution in [3.8, 4) is 5.75 Å². The molecule has 0 aliphatic heterocycles. The molecular formula is C21H19NO2. The quantitative estimate of drug-likeness (QED) is 0.742. The number of phenols is 1. The number of carbonyl (C=O) groups excluding carboxylic acids is 1. The lowest BCUT2D eigenvalue weighted by molar-refractivity contribution is -0.115. The number of carbonyl (C=O) groups is 1. The second-order valence-corrected chi connectivity index (χ2v) is 5.71. The summed E-state index contributed by atoms with van der Waals surface area (Å²) in [5, 5.41) is 12.3. The molecule has 0 heterocycles. The molecular weight excluding hydrogens is 298 g/mol. The van der Waals surface area contributed by atoms with Crippen LogP contribution in [-0.2, 0) is 17.6 Å². The third kappa shape index (κ3) is 4.23. The van der Waals surface area contributed by atoms with Gasteiger partial charge in [0.2, 0.25) is 5.91 Å². The van der Waals surface area contributed by atoms with Crippen LogP contribution in [0.2, 0.25) is 0 Å². The molecule has 0 fully saturated rings. The summed E-state index contributed by atoms with van der Waals surface area (Å²) < 4.78 is 0. The predicted molar refractivity (Wildman–Crippen MR) is 96.1 cm³/mol. The van der Waals surface area contributed by atoms with Crippen LogP contribution in [0, 0.1) is 0 Å². The average molecular weight is 317 g/mol. The van der Waals surface area contributed by atoms with E-state index in [1.807, 2.05) is 42.5 Å². The minimum absolute atomic E-state index is 0.0683. The maximum Gasteiger partial charge on any atom is 0.228 e. The fourth-order valence-electron chi connectivity index (χ4n) is 2.61. The summed E-state index contributed by atoms with van der Waals surface area (Å²) in [6.07, 6.45) is 1.05. The number of nitrogens with one attached hydrogen (secondary N) is 1. The molecule has 3 heteroatoms. The molecule has 0 radical (unpaired) electrons. The van der Waals surface area contributed by atoms with Crippen molar-refractivity contribution in [2.45, 2.75) is 12.8 Å². The average Bonchev–Trinajstić information content (AvgIpc) is 2.60. The highest BCUT2D eigenvalue weighted by atomic mass is 16.3. The van der Waals surface area contributed by atoms with Crippen LogP contribution in [0.25, 0.3) is 0 Å². The van der Waals surface area contributed by atoms with Gasteiger partial charge in [0.25, 0.3) is 0 Å². The SMILES string of the molecule is O=C(Cc1ccc(O)cc1)Nc1ccccc1Cc1ccccc1. The molecule has 3 aromatic carbocycles. The summed E-state index contributed by atoms with van der Waals surface area (Å²) in [4.78, 5) is 12.3. The Morgan fingerprint density at radius 3 is 2.21 bits per heavy atom. The Balaban J connectivity index is 1.70. The lowest BCUT2D eigenvalue weighted by Gasteiger charge is -2.11. The van der Waals surface area contributed by atoms with E-state index in [1.54, 1.807) is 24.3 Å². The van der Waals surface area contributed by atoms with Gasteiger partial charge in [-0.3, -0.25) is 4.79 Å². The van der Waals surface area contributed by atoms with Gasteiger partial charge in [0.1, 0.15) is 5.75 Å². The summed E-state index contributed by atoms with van der Waals surface area (Å²) >= 11 is 0. The van der Waals surface area contributed by atoms with Gasteiger partial charge in [0, 0.05) is 5.69 Å². The number of amides is 1. The zero-order valence-corrected chi connectivity index (χ0v) is 13.3. The molecule has 1 amide bonds. The van der Waals surface area contributed by atoms with Gasteiger partial charge in [-0.05, 0) is 41.3 Å². The van der Waals surface area contributed by atoms with Gasteiger partial charge in [0.05, 0.1) is 6.42 Å². The minimum atomic E-state index is -0.0683. The molecule has 0 saturated carbocycles. The van der Waals surface area contributed by atoms with E-state index in [9.17, 15) is 9.90 Å². The van der Waals surface area contributed by atoms with Crippen molar-refractivity contribution in [1.82, 2.24) is 0 Å². The van der Waals surface area contributed by atoms with E-state index in [2.05, 4.69) is 17.4 Å². The standard InChI is InChI=1S/C21H19NO2/c23-19-12-10-17(11-13-19)15-21(24)22-20-9-5-4-8-18(20)14-16-6-2-1-3-7-16/h1-13,23H,14-15H2,(H,22,24). The molecule has 3 nitrogen and oxygen atoms in total. The first-order valence-corrected chi connectivity index (χ1v) is 7.90. The summed E-state index contributed by atoms with van der Waals surface area (Å²) in [7, 11) is 0. The molecule has 0 atom stereocenters. The molecule has 120 valence electrons. The molecule has 0 aromatic heterocycles. The molecule has 0 aliphatic carbocycles. The minimum Gasteiger partial charge on any atom is -0.508 e. The van der Waals surface area contributed by atoms with Crippen LogP contribution < -0.4 is 5.32 Å². The Kier molecular flexibility index (Phi) is 4.92. The number of hydrogen-bond acceptors (Lipinski definition) is 2. The van der Waals surface area contributed by atoms with E-state index >= 15 is 0 Å². The van der Waals surface area contributed by atoms with Gasteiger partial charge in [-0.2, -0.15) is 0 Å². The number of phenolic OH excluding ortho intramolecular Hbond substituents is 1. The zero-order valence-electron chi connectivity index (χ0n) is 13.3. The van der Waals surface area contributed by atoms with Gasteiger partial charge in [-0.15, -0.1) is 0 Å². The smallest absolute Gasteiger partial charge is 0.228 e. The third-order valence-corrected chi connectivity index (χ3v) is 3.83. The van der Waals surface area contributed by atoms with E-state index in [1.165, 1.54) is 5.56 Å². The van der Waals surface area contributed by atoms with Crippen molar-refractivity contribution in [2.75, 3.05) is 5.32 Å². The number of rotatable bonds is 5. The lowest BCUT2D eigenvalue weighted by atomic mass is 10.0. The van der Waals surface area contributed by atoms with E-state index in [-0.39, 0.29) is 18.1 Å². The van der Waals surface area contributed by atoms with Gasteiger partial charge in [-0.1, -0.05) is 60.7 Å². The highest BCUT2D eigenvalue weighted by Crippen LogP contribution is 2.19. The molecule has 0 bridgehead atoms. The number of para-hydroxylation sites is 1. The van der Waals surface area contributed by atoms with Crippen LogP contribution >= 0.6 is 0 Å². The van der Waals surface area contributed by atoms with Gasteiger partial charge in [0.15, 0.2) is 0 Å². The molecule has 0 aliphatic rings. The van der Waals surface area contributed by atoms with Crippen molar-refractivity contribution in [1.29, 1.82) is 0 Å². The Morgan fingerprint density at radius 2 is 1.46 bits per heavy atom. The van der Waals surface area contributed by atoms with Crippen LogP contribution in [-0.4, -0.2) is 11.0 Å². The molecule has 24 heavy (non-hydrogen) atoms. The third-order valence-electron chi connectivity index (χ3n) is 3.83. The van der Waals surface area contributed by atoms with Crippen LogP contribution in [0.5, 0.6) is 5.75 Å².